The molecule has 0 atom stereocenters. The van der Waals surface area contributed by atoms with Gasteiger partial charge in [0.25, 0.3) is 0 Å². The molecular formula is C13H16NO5. The molecule has 0 amide bonds. The van der Waals surface area contributed by atoms with Crippen molar-refractivity contribution in [3.05, 3.63) is 39.9 Å². The first-order chi connectivity index (χ1) is 9.15. The van der Waals surface area contributed by atoms with Crippen molar-refractivity contribution < 1.29 is 19.2 Å². The van der Waals surface area contributed by atoms with E-state index in [-0.39, 0.29) is 12.2 Å². The molecule has 1 radical (unpaired) electrons. The maximum absolute atomic E-state index is 11.7. The number of carbonyl (C=O) groups excluding carboxylic acids is 1. The van der Waals surface area contributed by atoms with Crippen LogP contribution in [-0.4, -0.2) is 30.7 Å². The zero-order chi connectivity index (χ0) is 14.1. The average molecular weight is 266 g/mol. The van der Waals surface area contributed by atoms with Gasteiger partial charge in [0.2, 0.25) is 6.54 Å². The third kappa shape index (κ3) is 5.37. The Bertz CT molecular complexity index is 433. The van der Waals surface area contributed by atoms with E-state index in [2.05, 4.69) is 6.07 Å². The number of unbranched alkanes of at least 4 members (excludes halogenated alkanes) is 1. The minimum absolute atomic E-state index is 0.251. The van der Waals surface area contributed by atoms with Gasteiger partial charge < -0.3 is 9.47 Å². The number of hydrogen-bond acceptors (Lipinski definition) is 5. The Morgan fingerprint density at radius 1 is 1.47 bits per heavy atom. The number of nitro groups is 1. The molecule has 1 rings (SSSR count). The van der Waals surface area contributed by atoms with Gasteiger partial charge in [-0.2, -0.15) is 0 Å². The lowest BCUT2D eigenvalue weighted by atomic mass is 10.2. The van der Waals surface area contributed by atoms with Crippen molar-refractivity contribution in [2.75, 3.05) is 19.8 Å². The maximum atomic E-state index is 11.7. The van der Waals surface area contributed by atoms with E-state index in [1.807, 2.05) is 6.92 Å². The summed E-state index contributed by atoms with van der Waals surface area (Å²) in [4.78, 5) is 21.3. The lowest BCUT2D eigenvalue weighted by Gasteiger charge is -2.10. The van der Waals surface area contributed by atoms with Crippen LogP contribution in [-0.2, 0) is 4.74 Å². The first-order valence-corrected chi connectivity index (χ1v) is 6.07. The second kappa shape index (κ2) is 8.07. The molecule has 0 saturated carbocycles. The maximum Gasteiger partial charge on any atom is 0.342 e. The molecule has 0 aliphatic heterocycles. The number of carbonyl (C=O) groups is 1. The lowest BCUT2D eigenvalue weighted by molar-refractivity contribution is -0.482. The normalized spacial score (nSPS) is 9.95. The molecule has 0 spiro atoms. The van der Waals surface area contributed by atoms with Crippen LogP contribution >= 0.6 is 0 Å². The molecule has 1 aromatic rings. The van der Waals surface area contributed by atoms with Gasteiger partial charge >= 0.3 is 5.97 Å². The molecule has 0 heterocycles. The third-order valence-electron chi connectivity index (χ3n) is 2.31. The molecule has 0 saturated heterocycles. The number of benzene rings is 1. The van der Waals surface area contributed by atoms with Gasteiger partial charge in [-0.3, -0.25) is 10.1 Å². The molecule has 1 aromatic carbocycles. The highest BCUT2D eigenvalue weighted by atomic mass is 16.6. The molecule has 6 nitrogen and oxygen atoms in total. The van der Waals surface area contributed by atoms with Crippen LogP contribution < -0.4 is 4.74 Å². The Labute approximate surface area is 111 Å². The summed E-state index contributed by atoms with van der Waals surface area (Å²) in [5.74, 6) is -0.232. The van der Waals surface area contributed by atoms with Crippen molar-refractivity contribution in [3.63, 3.8) is 0 Å². The van der Waals surface area contributed by atoms with E-state index in [4.69, 9.17) is 9.47 Å². The van der Waals surface area contributed by atoms with Crippen LogP contribution in [0.2, 0.25) is 0 Å². The number of hydrogen-bond donors (Lipinski definition) is 0. The first-order valence-electron chi connectivity index (χ1n) is 6.07. The molecule has 0 aliphatic carbocycles. The average Bonchev–Trinajstić information content (AvgIpc) is 2.39. The van der Waals surface area contributed by atoms with Gasteiger partial charge in [-0.15, -0.1) is 0 Å². The highest BCUT2D eigenvalue weighted by Gasteiger charge is 2.14. The predicted octanol–water partition coefficient (Wildman–Crippen LogP) is 2.10. The van der Waals surface area contributed by atoms with Gasteiger partial charge in [0.05, 0.1) is 6.61 Å². The van der Waals surface area contributed by atoms with Crippen LogP contribution in [0.5, 0.6) is 5.75 Å². The van der Waals surface area contributed by atoms with Gasteiger partial charge in [0.1, 0.15) is 11.3 Å². The van der Waals surface area contributed by atoms with E-state index in [1.54, 1.807) is 12.1 Å². The van der Waals surface area contributed by atoms with Crippen LogP contribution in [0.1, 0.15) is 30.1 Å². The first kappa shape index (κ1) is 14.9. The Kier molecular flexibility index (Phi) is 6.35. The summed E-state index contributed by atoms with van der Waals surface area (Å²) in [6, 6.07) is 7.46. The van der Waals surface area contributed by atoms with E-state index in [9.17, 15) is 14.9 Å². The predicted molar refractivity (Wildman–Crippen MR) is 67.8 cm³/mol. The van der Waals surface area contributed by atoms with Crippen LogP contribution in [0.15, 0.2) is 18.2 Å². The van der Waals surface area contributed by atoms with Gasteiger partial charge in [-0.1, -0.05) is 19.4 Å². The van der Waals surface area contributed by atoms with Gasteiger partial charge in [0.15, 0.2) is 6.61 Å². The Morgan fingerprint density at radius 2 is 2.26 bits per heavy atom. The van der Waals surface area contributed by atoms with Crippen LogP contribution in [0.4, 0.5) is 0 Å². The van der Waals surface area contributed by atoms with Gasteiger partial charge in [-0.05, 0) is 24.6 Å². The van der Waals surface area contributed by atoms with E-state index in [1.165, 1.54) is 6.07 Å². The zero-order valence-corrected chi connectivity index (χ0v) is 10.8. The van der Waals surface area contributed by atoms with E-state index in [0.29, 0.717) is 12.4 Å². The van der Waals surface area contributed by atoms with E-state index < -0.39 is 17.4 Å². The van der Waals surface area contributed by atoms with Crippen LogP contribution in [0.25, 0.3) is 0 Å². The van der Waals surface area contributed by atoms with Crippen LogP contribution in [0, 0.1) is 16.2 Å². The Morgan fingerprint density at radius 3 is 2.95 bits per heavy atom. The summed E-state index contributed by atoms with van der Waals surface area (Å²) in [5.41, 5.74) is 0.262. The van der Waals surface area contributed by atoms with Gasteiger partial charge in [0, 0.05) is 4.92 Å². The van der Waals surface area contributed by atoms with Crippen molar-refractivity contribution in [1.82, 2.24) is 0 Å². The summed E-state index contributed by atoms with van der Waals surface area (Å²) >= 11 is 0. The van der Waals surface area contributed by atoms with E-state index in [0.717, 1.165) is 12.8 Å². The Balaban J connectivity index is 2.59. The largest absolute Gasteiger partial charge is 0.493 e. The second-order valence-electron chi connectivity index (χ2n) is 3.82. The minimum atomic E-state index is -0.623. The highest BCUT2D eigenvalue weighted by Crippen LogP contribution is 2.19. The zero-order valence-electron chi connectivity index (χ0n) is 10.8. The fourth-order valence-corrected chi connectivity index (χ4v) is 1.32. The molecule has 0 N–H and O–H groups in total. The van der Waals surface area contributed by atoms with Gasteiger partial charge in [-0.25, -0.2) is 4.79 Å². The number of nitrogens with zero attached hydrogens (tertiary/aromatic N) is 1. The molecular weight excluding hydrogens is 250 g/mol. The quantitative estimate of drug-likeness (QED) is 0.311. The lowest BCUT2D eigenvalue weighted by Crippen LogP contribution is -2.14. The molecule has 0 aliphatic rings. The van der Waals surface area contributed by atoms with Crippen molar-refractivity contribution in [1.29, 1.82) is 0 Å². The Hall–Kier alpha value is -2.11. The van der Waals surface area contributed by atoms with Crippen molar-refractivity contribution in [3.8, 4) is 5.75 Å². The van der Waals surface area contributed by atoms with Crippen molar-refractivity contribution in [2.24, 2.45) is 0 Å². The summed E-state index contributed by atoms with van der Waals surface area (Å²) in [6.45, 7) is 1.88. The number of rotatable bonds is 8. The molecule has 0 fully saturated rings. The molecule has 6 heteroatoms. The molecule has 0 bridgehead atoms. The fourth-order valence-electron chi connectivity index (χ4n) is 1.32. The SMILES string of the molecule is CCCCOc1c[c]ccc1C(=O)OCC[N+](=O)[O-]. The fraction of sp³-hybridized carbons (Fsp3) is 0.462. The third-order valence-corrected chi connectivity index (χ3v) is 2.31. The van der Waals surface area contributed by atoms with E-state index >= 15 is 0 Å². The summed E-state index contributed by atoms with van der Waals surface area (Å²) in [6.07, 6.45) is 1.86. The summed E-state index contributed by atoms with van der Waals surface area (Å²) < 4.78 is 10.3. The number of ether oxygens (including phenoxy) is 2. The highest BCUT2D eigenvalue weighted by molar-refractivity contribution is 5.92. The smallest absolute Gasteiger partial charge is 0.342 e. The molecule has 0 aromatic heterocycles. The molecule has 19 heavy (non-hydrogen) atoms. The van der Waals surface area contributed by atoms with Crippen molar-refractivity contribution >= 4 is 5.97 Å². The standard InChI is InChI=1S/C13H16NO5/c1-2-3-9-18-12-7-5-4-6-11(12)13(15)19-10-8-14(16)17/h4,6-7H,2-3,8-10H2,1H3. The minimum Gasteiger partial charge on any atom is -0.493 e. The van der Waals surface area contributed by atoms with Crippen molar-refractivity contribution in [2.45, 2.75) is 19.8 Å². The second-order valence-corrected chi connectivity index (χ2v) is 3.82. The topological polar surface area (TPSA) is 78.7 Å². The summed E-state index contributed by atoms with van der Waals surface area (Å²) in [5, 5.41) is 10.1. The van der Waals surface area contributed by atoms with Crippen LogP contribution in [0.3, 0.4) is 0 Å². The number of esters is 1. The monoisotopic (exact) mass is 266 g/mol. The molecule has 0 unspecified atom stereocenters. The summed E-state index contributed by atoms with van der Waals surface area (Å²) in [7, 11) is 0. The molecule has 103 valence electrons.